The van der Waals surface area contributed by atoms with Gasteiger partial charge in [0.15, 0.2) is 0 Å². The standard InChI is InChI=1S/C11H6F2N.C6H14O2.Pt/c12-8-4-5-9(10(13)7-8)11-3-1-2-6-14-11;1-5(7)4-6(2)8-3;/h1-4,6-7H;5-7H,4H2,1-3H3;/q-1;;. The van der Waals surface area contributed by atoms with Crippen LogP contribution in [0.1, 0.15) is 20.3 Å². The molecule has 1 aromatic carbocycles. The van der Waals surface area contributed by atoms with Crippen molar-refractivity contribution < 1.29 is 39.7 Å². The maximum absolute atomic E-state index is 13.2. The molecule has 0 radical (unpaired) electrons. The Morgan fingerprint density at radius 1 is 1.30 bits per heavy atom. The van der Waals surface area contributed by atoms with Crippen LogP contribution in [0.25, 0.3) is 11.3 Å². The summed E-state index contributed by atoms with van der Waals surface area (Å²) in [4.78, 5) is 3.95. The summed E-state index contributed by atoms with van der Waals surface area (Å²) in [5.41, 5.74) is 0.636. The fourth-order valence-electron chi connectivity index (χ4n) is 1.73. The van der Waals surface area contributed by atoms with Gasteiger partial charge < -0.3 is 14.8 Å². The molecule has 2 rings (SSSR count). The number of hydrogen-bond acceptors (Lipinski definition) is 3. The zero-order chi connectivity index (χ0) is 16.5. The number of benzene rings is 1. The molecule has 0 fully saturated rings. The normalized spacial score (nSPS) is 12.4. The van der Waals surface area contributed by atoms with Crippen LogP contribution in [0.2, 0.25) is 0 Å². The van der Waals surface area contributed by atoms with Gasteiger partial charge >= 0.3 is 0 Å². The molecule has 23 heavy (non-hydrogen) atoms. The molecular formula is C17H20F2NO2Pt-. The van der Waals surface area contributed by atoms with Gasteiger partial charge in [0.05, 0.1) is 12.2 Å². The predicted molar refractivity (Wildman–Crippen MR) is 81.2 cm³/mol. The maximum atomic E-state index is 13.2. The van der Waals surface area contributed by atoms with E-state index < -0.39 is 11.6 Å². The molecule has 2 aromatic rings. The summed E-state index contributed by atoms with van der Waals surface area (Å²) in [5, 5.41) is 8.77. The summed E-state index contributed by atoms with van der Waals surface area (Å²) >= 11 is 0. The first-order chi connectivity index (χ1) is 10.4. The van der Waals surface area contributed by atoms with Crippen LogP contribution in [0, 0.1) is 17.7 Å². The van der Waals surface area contributed by atoms with Crippen molar-refractivity contribution in [1.29, 1.82) is 0 Å². The largest absolute Gasteiger partial charge is 0.393 e. The van der Waals surface area contributed by atoms with Gasteiger partial charge in [-0.1, -0.05) is 23.8 Å². The molecule has 130 valence electrons. The second-order valence-electron chi connectivity index (χ2n) is 4.89. The Hall–Kier alpha value is -1.16. The van der Waals surface area contributed by atoms with Gasteiger partial charge in [-0.05, 0) is 32.0 Å². The molecule has 0 amide bonds. The Morgan fingerprint density at radius 2 is 2.00 bits per heavy atom. The van der Waals surface area contributed by atoms with Crippen LogP contribution in [-0.4, -0.2) is 29.4 Å². The first-order valence-electron chi connectivity index (χ1n) is 6.93. The number of aliphatic hydroxyl groups excluding tert-OH is 1. The van der Waals surface area contributed by atoms with Crippen LogP contribution >= 0.6 is 0 Å². The van der Waals surface area contributed by atoms with E-state index in [0.717, 1.165) is 18.6 Å². The molecule has 6 heteroatoms. The molecular weight excluding hydrogens is 483 g/mol. The molecule has 0 saturated carbocycles. The van der Waals surface area contributed by atoms with Crippen LogP contribution in [-0.2, 0) is 25.8 Å². The molecule has 2 atom stereocenters. The molecule has 0 aliphatic heterocycles. The van der Waals surface area contributed by atoms with E-state index in [9.17, 15) is 8.78 Å². The average Bonchev–Trinajstić information content (AvgIpc) is 2.48. The fraction of sp³-hybridized carbons (Fsp3) is 0.353. The number of aromatic nitrogens is 1. The van der Waals surface area contributed by atoms with Crippen molar-refractivity contribution in [3.8, 4) is 11.3 Å². The van der Waals surface area contributed by atoms with Gasteiger partial charge in [-0.3, -0.25) is 8.78 Å². The summed E-state index contributed by atoms with van der Waals surface area (Å²) in [5.74, 6) is -1.29. The minimum atomic E-state index is -0.649. The monoisotopic (exact) mass is 503 g/mol. The summed E-state index contributed by atoms with van der Waals surface area (Å²) in [7, 11) is 1.65. The zero-order valence-electron chi connectivity index (χ0n) is 13.2. The molecule has 1 aromatic heterocycles. The van der Waals surface area contributed by atoms with E-state index in [4.69, 9.17) is 9.84 Å². The SMILES string of the molecule is COC(C)CC(C)O.Fc1c[c-]c(-c2ccccn2)c(F)c1.[Pt]. The Balaban J connectivity index is 0.000000469. The van der Waals surface area contributed by atoms with E-state index in [2.05, 4.69) is 11.1 Å². The van der Waals surface area contributed by atoms with Crippen LogP contribution < -0.4 is 0 Å². The molecule has 1 heterocycles. The van der Waals surface area contributed by atoms with Crippen molar-refractivity contribution in [1.82, 2.24) is 4.98 Å². The van der Waals surface area contributed by atoms with Crippen molar-refractivity contribution in [3.05, 3.63) is 54.2 Å². The van der Waals surface area contributed by atoms with E-state index in [1.807, 2.05) is 6.92 Å². The smallest absolute Gasteiger partial charge is 0.0567 e. The Bertz CT molecular complexity index is 568. The topological polar surface area (TPSA) is 42.4 Å². The van der Waals surface area contributed by atoms with E-state index in [-0.39, 0.29) is 38.8 Å². The fourth-order valence-corrected chi connectivity index (χ4v) is 1.73. The van der Waals surface area contributed by atoms with Crippen LogP contribution in [0.3, 0.4) is 0 Å². The number of pyridine rings is 1. The quantitative estimate of drug-likeness (QED) is 0.649. The van der Waals surface area contributed by atoms with E-state index in [0.29, 0.717) is 5.69 Å². The Kier molecular flexibility index (Phi) is 10.8. The first kappa shape index (κ1) is 21.8. The second kappa shape index (κ2) is 11.4. The van der Waals surface area contributed by atoms with Gasteiger partial charge in [0.25, 0.3) is 0 Å². The number of hydrogen-bond donors (Lipinski definition) is 1. The van der Waals surface area contributed by atoms with Crippen molar-refractivity contribution in [2.45, 2.75) is 32.5 Å². The summed E-state index contributed by atoms with van der Waals surface area (Å²) in [6, 6.07) is 9.53. The number of nitrogens with zero attached hydrogens (tertiary/aromatic N) is 1. The number of ether oxygens (including phenoxy) is 1. The van der Waals surface area contributed by atoms with Crippen LogP contribution in [0.15, 0.2) is 36.5 Å². The van der Waals surface area contributed by atoms with Gasteiger partial charge in [-0.2, -0.15) is 0 Å². The number of methoxy groups -OCH3 is 1. The molecule has 0 saturated heterocycles. The minimum absolute atomic E-state index is 0. The van der Waals surface area contributed by atoms with Crippen molar-refractivity contribution in [3.63, 3.8) is 0 Å². The Labute approximate surface area is 150 Å². The van der Waals surface area contributed by atoms with Gasteiger partial charge in [0.2, 0.25) is 0 Å². The molecule has 0 aliphatic rings. The van der Waals surface area contributed by atoms with E-state index in [1.165, 1.54) is 0 Å². The van der Waals surface area contributed by atoms with Crippen molar-refractivity contribution in [2.24, 2.45) is 0 Å². The van der Waals surface area contributed by atoms with Gasteiger partial charge in [0.1, 0.15) is 0 Å². The third-order valence-electron chi connectivity index (χ3n) is 2.85. The maximum Gasteiger partial charge on any atom is 0.0567 e. The van der Waals surface area contributed by atoms with Gasteiger partial charge in [0, 0.05) is 46.0 Å². The molecule has 0 bridgehead atoms. The number of rotatable bonds is 4. The van der Waals surface area contributed by atoms with Crippen LogP contribution in [0.5, 0.6) is 0 Å². The van der Waals surface area contributed by atoms with Crippen molar-refractivity contribution in [2.75, 3.05) is 7.11 Å². The predicted octanol–water partition coefficient (Wildman–Crippen LogP) is 3.62. The zero-order valence-corrected chi connectivity index (χ0v) is 15.5. The molecule has 0 spiro atoms. The third kappa shape index (κ3) is 8.31. The van der Waals surface area contributed by atoms with E-state index >= 15 is 0 Å². The van der Waals surface area contributed by atoms with Crippen LogP contribution in [0.4, 0.5) is 8.78 Å². The summed E-state index contributed by atoms with van der Waals surface area (Å²) < 4.78 is 30.7. The number of halogens is 2. The molecule has 0 aliphatic carbocycles. The third-order valence-corrected chi connectivity index (χ3v) is 2.85. The second-order valence-corrected chi connectivity index (χ2v) is 4.89. The summed E-state index contributed by atoms with van der Waals surface area (Å²) in [6.45, 7) is 3.70. The Morgan fingerprint density at radius 3 is 2.43 bits per heavy atom. The first-order valence-corrected chi connectivity index (χ1v) is 6.93. The summed E-state index contributed by atoms with van der Waals surface area (Å²) in [6.07, 6.45) is 2.20. The van der Waals surface area contributed by atoms with Gasteiger partial charge in [-0.15, -0.1) is 12.1 Å². The average molecular weight is 503 g/mol. The number of aliphatic hydroxyl groups is 1. The van der Waals surface area contributed by atoms with Gasteiger partial charge in [-0.25, -0.2) is 0 Å². The van der Waals surface area contributed by atoms with E-state index in [1.54, 1.807) is 38.4 Å². The van der Waals surface area contributed by atoms with Crippen molar-refractivity contribution >= 4 is 0 Å². The molecule has 3 nitrogen and oxygen atoms in total. The molecule has 1 N–H and O–H groups in total. The minimum Gasteiger partial charge on any atom is -0.393 e. The molecule has 2 unspecified atom stereocenters.